The lowest BCUT2D eigenvalue weighted by atomic mass is 10.1. The number of fused-ring (bicyclic) bond motifs is 1. The van der Waals surface area contributed by atoms with Gasteiger partial charge in [0.1, 0.15) is 5.75 Å². The van der Waals surface area contributed by atoms with Gasteiger partial charge in [-0.2, -0.15) is 0 Å². The van der Waals surface area contributed by atoms with Crippen molar-refractivity contribution >= 4 is 28.5 Å². The highest BCUT2D eigenvalue weighted by Crippen LogP contribution is 2.40. The Hall–Kier alpha value is -1.94. The zero-order valence-corrected chi connectivity index (χ0v) is 11.6. The Kier molecular flexibility index (Phi) is 3.81. The Morgan fingerprint density at radius 3 is 2.74 bits per heavy atom. The fourth-order valence-electron chi connectivity index (χ4n) is 1.87. The van der Waals surface area contributed by atoms with Gasteiger partial charge in [-0.3, -0.25) is 0 Å². The summed E-state index contributed by atoms with van der Waals surface area (Å²) in [5.41, 5.74) is 1.03. The summed E-state index contributed by atoms with van der Waals surface area (Å²) in [7, 11) is 0. The van der Waals surface area contributed by atoms with Gasteiger partial charge in [0.15, 0.2) is 5.75 Å². The van der Waals surface area contributed by atoms with Gasteiger partial charge in [-0.15, -0.1) is 11.8 Å². The van der Waals surface area contributed by atoms with E-state index in [2.05, 4.69) is 6.58 Å². The maximum atomic E-state index is 11.4. The van der Waals surface area contributed by atoms with Crippen LogP contribution in [0.3, 0.4) is 0 Å². The maximum Gasteiger partial charge on any atom is 0.335 e. The van der Waals surface area contributed by atoms with Crippen molar-refractivity contribution < 1.29 is 14.6 Å². The largest absolute Gasteiger partial charge is 0.507 e. The summed E-state index contributed by atoms with van der Waals surface area (Å²) in [4.78, 5) is 12.1. The third kappa shape index (κ3) is 2.58. The van der Waals surface area contributed by atoms with Gasteiger partial charge in [0.2, 0.25) is 0 Å². The van der Waals surface area contributed by atoms with Crippen LogP contribution in [0.5, 0.6) is 11.5 Å². The Labute approximate surface area is 115 Å². The molecule has 0 aromatic heterocycles. The summed E-state index contributed by atoms with van der Waals surface area (Å²) in [6.45, 7) is 5.33. The van der Waals surface area contributed by atoms with Gasteiger partial charge >= 0.3 is 5.97 Å². The molecule has 0 heterocycles. The van der Waals surface area contributed by atoms with Gasteiger partial charge in [0, 0.05) is 16.8 Å². The van der Waals surface area contributed by atoms with E-state index in [1.807, 2.05) is 31.4 Å². The monoisotopic (exact) mass is 274 g/mol. The summed E-state index contributed by atoms with van der Waals surface area (Å²) in [5.74, 6) is 0.134. The minimum atomic E-state index is -0.511. The van der Waals surface area contributed by atoms with Crippen LogP contribution in [-0.2, 0) is 4.79 Å². The molecule has 2 aromatic carbocycles. The number of hydrogen-bond donors (Lipinski definition) is 1. The Morgan fingerprint density at radius 1 is 1.37 bits per heavy atom. The third-order valence-corrected chi connectivity index (χ3v) is 3.52. The molecule has 1 N–H and O–H groups in total. The van der Waals surface area contributed by atoms with Gasteiger partial charge in [0.25, 0.3) is 0 Å². The van der Waals surface area contributed by atoms with Crippen LogP contribution in [0.15, 0.2) is 41.8 Å². The first kappa shape index (κ1) is 13.5. The molecule has 0 aliphatic rings. The lowest BCUT2D eigenvalue weighted by Gasteiger charge is -2.12. The van der Waals surface area contributed by atoms with Crippen LogP contribution in [0.2, 0.25) is 0 Å². The number of ether oxygens (including phenoxy) is 1. The van der Waals surface area contributed by atoms with E-state index >= 15 is 0 Å². The van der Waals surface area contributed by atoms with Gasteiger partial charge < -0.3 is 9.84 Å². The van der Waals surface area contributed by atoms with E-state index in [4.69, 9.17) is 4.74 Å². The number of esters is 1. The van der Waals surface area contributed by atoms with Crippen molar-refractivity contribution in [2.75, 3.05) is 6.26 Å². The van der Waals surface area contributed by atoms with E-state index in [1.165, 1.54) is 11.8 Å². The average Bonchev–Trinajstić information content (AvgIpc) is 2.41. The molecule has 0 bridgehead atoms. The predicted octanol–water partition coefficient (Wildman–Crippen LogP) is 3.67. The quantitative estimate of drug-likeness (QED) is 0.401. The third-order valence-electron chi connectivity index (χ3n) is 2.78. The number of benzene rings is 2. The molecular weight excluding hydrogens is 260 g/mol. The topological polar surface area (TPSA) is 46.5 Å². The lowest BCUT2D eigenvalue weighted by molar-refractivity contribution is -0.129. The SMILES string of the molecule is C=CC(=O)Oc1c(SC)cc(O)c2cc(C)ccc12. The first-order valence-corrected chi connectivity index (χ1v) is 6.94. The Balaban J connectivity index is 2.74. The van der Waals surface area contributed by atoms with Gasteiger partial charge in [0.05, 0.1) is 4.90 Å². The molecule has 4 heteroatoms. The first-order chi connectivity index (χ1) is 9.06. The van der Waals surface area contributed by atoms with Gasteiger partial charge in [-0.05, 0) is 25.3 Å². The molecule has 0 aliphatic heterocycles. The highest BCUT2D eigenvalue weighted by atomic mass is 32.2. The molecule has 2 rings (SSSR count). The van der Waals surface area contributed by atoms with Crippen LogP contribution < -0.4 is 4.74 Å². The first-order valence-electron chi connectivity index (χ1n) is 5.71. The molecule has 0 spiro atoms. The molecule has 98 valence electrons. The van der Waals surface area contributed by atoms with Crippen molar-refractivity contribution in [3.63, 3.8) is 0 Å². The number of phenols is 1. The maximum absolute atomic E-state index is 11.4. The molecule has 3 nitrogen and oxygen atoms in total. The van der Waals surface area contributed by atoms with Crippen LogP contribution in [0.4, 0.5) is 0 Å². The molecule has 2 aromatic rings. The fraction of sp³-hybridized carbons (Fsp3) is 0.133. The molecule has 0 aliphatic carbocycles. The van der Waals surface area contributed by atoms with Crippen molar-refractivity contribution in [1.82, 2.24) is 0 Å². The highest BCUT2D eigenvalue weighted by Gasteiger charge is 2.14. The van der Waals surface area contributed by atoms with Gasteiger partial charge in [-0.1, -0.05) is 24.3 Å². The van der Waals surface area contributed by atoms with Crippen molar-refractivity contribution in [1.29, 1.82) is 0 Å². The van der Waals surface area contributed by atoms with Crippen molar-refractivity contribution in [2.24, 2.45) is 0 Å². The van der Waals surface area contributed by atoms with Crippen molar-refractivity contribution in [3.8, 4) is 11.5 Å². The molecule has 0 saturated carbocycles. The van der Waals surface area contributed by atoms with E-state index in [1.54, 1.807) is 6.07 Å². The minimum Gasteiger partial charge on any atom is -0.507 e. The predicted molar refractivity (Wildman–Crippen MR) is 78.0 cm³/mol. The number of aryl methyl sites for hydroxylation is 1. The van der Waals surface area contributed by atoms with Crippen LogP contribution in [0, 0.1) is 6.92 Å². The van der Waals surface area contributed by atoms with Crippen LogP contribution >= 0.6 is 11.8 Å². The normalized spacial score (nSPS) is 10.4. The zero-order valence-electron chi connectivity index (χ0n) is 10.8. The Bertz CT molecular complexity index is 662. The summed E-state index contributed by atoms with van der Waals surface area (Å²) in [6, 6.07) is 7.23. The second-order valence-electron chi connectivity index (χ2n) is 4.10. The van der Waals surface area contributed by atoms with E-state index in [9.17, 15) is 9.90 Å². The highest BCUT2D eigenvalue weighted by molar-refractivity contribution is 7.98. The molecule has 0 atom stereocenters. The fourth-order valence-corrected chi connectivity index (χ4v) is 2.43. The average molecular weight is 274 g/mol. The van der Waals surface area contributed by atoms with E-state index in [-0.39, 0.29) is 5.75 Å². The van der Waals surface area contributed by atoms with Crippen LogP contribution in [-0.4, -0.2) is 17.3 Å². The smallest absolute Gasteiger partial charge is 0.335 e. The second kappa shape index (κ2) is 5.36. The molecular formula is C15H14O3S. The second-order valence-corrected chi connectivity index (χ2v) is 4.95. The molecule has 19 heavy (non-hydrogen) atoms. The van der Waals surface area contributed by atoms with Crippen molar-refractivity contribution in [2.45, 2.75) is 11.8 Å². The van der Waals surface area contributed by atoms with E-state index in [0.29, 0.717) is 21.4 Å². The van der Waals surface area contributed by atoms with E-state index in [0.717, 1.165) is 11.6 Å². The molecule has 0 saturated heterocycles. The standard InChI is InChI=1S/C15H14O3S/c1-4-14(17)18-15-10-6-5-9(2)7-11(10)12(16)8-13(15)19-3/h4-8,16H,1H2,2-3H3. The van der Waals surface area contributed by atoms with Crippen molar-refractivity contribution in [3.05, 3.63) is 42.5 Å². The number of phenolic OH excluding ortho intramolecular Hbond substituents is 1. The Morgan fingerprint density at radius 2 is 2.11 bits per heavy atom. The molecule has 0 fully saturated rings. The minimum absolute atomic E-state index is 0.182. The molecule has 0 unspecified atom stereocenters. The summed E-state index contributed by atoms with van der Waals surface area (Å²) < 4.78 is 5.30. The summed E-state index contributed by atoms with van der Waals surface area (Å²) in [5, 5.41) is 11.4. The summed E-state index contributed by atoms with van der Waals surface area (Å²) >= 11 is 1.41. The number of hydrogen-bond acceptors (Lipinski definition) is 4. The number of carbonyl (C=O) groups excluding carboxylic acids is 1. The van der Waals surface area contributed by atoms with E-state index < -0.39 is 5.97 Å². The lowest BCUT2D eigenvalue weighted by Crippen LogP contribution is -2.04. The number of aromatic hydroxyl groups is 1. The number of rotatable bonds is 3. The summed E-state index contributed by atoms with van der Waals surface area (Å²) in [6.07, 6.45) is 2.98. The zero-order chi connectivity index (χ0) is 14.0. The molecule has 0 radical (unpaired) electrons. The van der Waals surface area contributed by atoms with Crippen LogP contribution in [0.25, 0.3) is 10.8 Å². The molecule has 0 amide bonds. The van der Waals surface area contributed by atoms with Crippen LogP contribution in [0.1, 0.15) is 5.56 Å². The van der Waals surface area contributed by atoms with Gasteiger partial charge in [-0.25, -0.2) is 4.79 Å². The number of thioether (sulfide) groups is 1. The number of carbonyl (C=O) groups is 1.